The molecule has 0 unspecified atom stereocenters. The Morgan fingerprint density at radius 2 is 1.54 bits per heavy atom. The van der Waals surface area contributed by atoms with Crippen LogP contribution in [0, 0.1) is 10.8 Å². The van der Waals surface area contributed by atoms with Gasteiger partial charge in [0.25, 0.3) is 0 Å². The van der Waals surface area contributed by atoms with Crippen LogP contribution in [0.1, 0.15) is 41.5 Å². The van der Waals surface area contributed by atoms with E-state index in [1.807, 2.05) is 0 Å². The van der Waals surface area contributed by atoms with Gasteiger partial charge in [-0.05, 0) is 10.8 Å². The van der Waals surface area contributed by atoms with Crippen molar-refractivity contribution in [2.45, 2.75) is 53.8 Å². The SMILES string of the molecule is CC(C)(C)/C=C/[C@@H]1O[C@@H]1C(C)(C)C. The molecule has 0 saturated carbocycles. The van der Waals surface area contributed by atoms with E-state index in [0.717, 1.165) is 0 Å². The van der Waals surface area contributed by atoms with E-state index in [-0.39, 0.29) is 10.8 Å². The largest absolute Gasteiger partial charge is 0.365 e. The fourth-order valence-corrected chi connectivity index (χ4v) is 1.35. The van der Waals surface area contributed by atoms with Crippen LogP contribution in [-0.2, 0) is 4.74 Å². The maximum Gasteiger partial charge on any atom is 0.103 e. The molecule has 0 aromatic rings. The molecule has 1 heteroatoms. The van der Waals surface area contributed by atoms with Gasteiger partial charge >= 0.3 is 0 Å². The first-order valence-corrected chi connectivity index (χ1v) is 5.05. The second-order valence-electron chi connectivity index (χ2n) is 6.11. The summed E-state index contributed by atoms with van der Waals surface area (Å²) in [6.07, 6.45) is 5.23. The summed E-state index contributed by atoms with van der Waals surface area (Å²) in [5.41, 5.74) is 0.557. The van der Waals surface area contributed by atoms with Gasteiger partial charge in [-0.2, -0.15) is 0 Å². The lowest BCUT2D eigenvalue weighted by atomic mass is 9.89. The molecule has 13 heavy (non-hydrogen) atoms. The Hall–Kier alpha value is -0.300. The van der Waals surface area contributed by atoms with Gasteiger partial charge < -0.3 is 4.74 Å². The molecule has 0 radical (unpaired) electrons. The summed E-state index contributed by atoms with van der Waals surface area (Å²) < 4.78 is 5.59. The predicted molar refractivity (Wildman–Crippen MR) is 56.7 cm³/mol. The molecule has 0 bridgehead atoms. The summed E-state index contributed by atoms with van der Waals surface area (Å²) in [7, 11) is 0. The van der Waals surface area contributed by atoms with Crippen molar-refractivity contribution >= 4 is 0 Å². The molecule has 1 fully saturated rings. The highest BCUT2D eigenvalue weighted by atomic mass is 16.6. The third kappa shape index (κ3) is 3.51. The van der Waals surface area contributed by atoms with Crippen molar-refractivity contribution in [2.75, 3.05) is 0 Å². The number of hydrogen-bond donors (Lipinski definition) is 0. The molecule has 76 valence electrons. The summed E-state index contributed by atoms with van der Waals surface area (Å²) in [5.74, 6) is 0. The van der Waals surface area contributed by atoms with Crippen molar-refractivity contribution in [3.05, 3.63) is 12.2 Å². The number of allylic oxidation sites excluding steroid dienone is 1. The van der Waals surface area contributed by atoms with E-state index in [4.69, 9.17) is 4.74 Å². The Bertz CT molecular complexity index is 202. The molecule has 0 N–H and O–H groups in total. The van der Waals surface area contributed by atoms with E-state index < -0.39 is 0 Å². The van der Waals surface area contributed by atoms with E-state index >= 15 is 0 Å². The highest BCUT2D eigenvalue weighted by Crippen LogP contribution is 2.39. The Labute approximate surface area is 82.2 Å². The first-order valence-electron chi connectivity index (χ1n) is 5.05. The van der Waals surface area contributed by atoms with E-state index in [9.17, 15) is 0 Å². The van der Waals surface area contributed by atoms with Crippen LogP contribution in [0.3, 0.4) is 0 Å². The third-order valence-electron chi connectivity index (χ3n) is 2.16. The fraction of sp³-hybridized carbons (Fsp3) is 0.833. The van der Waals surface area contributed by atoms with Crippen LogP contribution in [0.5, 0.6) is 0 Å². The highest BCUT2D eigenvalue weighted by molar-refractivity contribution is 5.08. The molecule has 0 aliphatic carbocycles. The van der Waals surface area contributed by atoms with Crippen LogP contribution >= 0.6 is 0 Å². The molecular weight excluding hydrogens is 160 g/mol. The maximum absolute atomic E-state index is 5.59. The van der Waals surface area contributed by atoms with Crippen molar-refractivity contribution < 1.29 is 4.74 Å². The van der Waals surface area contributed by atoms with Gasteiger partial charge in [0, 0.05) is 0 Å². The average Bonchev–Trinajstić information content (AvgIpc) is 2.57. The zero-order chi connectivity index (χ0) is 10.3. The minimum absolute atomic E-state index is 0.272. The molecule has 1 aliphatic rings. The van der Waals surface area contributed by atoms with E-state index in [0.29, 0.717) is 12.2 Å². The van der Waals surface area contributed by atoms with Gasteiger partial charge in [0.15, 0.2) is 0 Å². The smallest absolute Gasteiger partial charge is 0.103 e. The average molecular weight is 182 g/mol. The van der Waals surface area contributed by atoms with Crippen LogP contribution in [0.2, 0.25) is 0 Å². The molecule has 0 amide bonds. The minimum Gasteiger partial charge on any atom is -0.365 e. The molecule has 1 aliphatic heterocycles. The van der Waals surface area contributed by atoms with Crippen molar-refractivity contribution in [3.63, 3.8) is 0 Å². The lowest BCUT2D eigenvalue weighted by molar-refractivity contribution is 0.263. The molecule has 1 nitrogen and oxygen atoms in total. The van der Waals surface area contributed by atoms with E-state index in [2.05, 4.69) is 53.7 Å². The number of ether oxygens (including phenoxy) is 1. The van der Waals surface area contributed by atoms with Crippen LogP contribution in [0.15, 0.2) is 12.2 Å². The van der Waals surface area contributed by atoms with Crippen LogP contribution < -0.4 is 0 Å². The summed E-state index contributed by atoms with van der Waals surface area (Å²) >= 11 is 0. The third-order valence-corrected chi connectivity index (χ3v) is 2.16. The van der Waals surface area contributed by atoms with Gasteiger partial charge in [0.2, 0.25) is 0 Å². The van der Waals surface area contributed by atoms with Gasteiger partial charge in [-0.25, -0.2) is 0 Å². The quantitative estimate of drug-likeness (QED) is 0.447. The summed E-state index contributed by atoms with van der Waals surface area (Å²) in [6, 6.07) is 0. The zero-order valence-electron chi connectivity index (χ0n) is 9.72. The summed E-state index contributed by atoms with van der Waals surface area (Å²) in [4.78, 5) is 0. The Balaban J connectivity index is 2.41. The molecule has 0 aromatic carbocycles. The lowest BCUT2D eigenvalue weighted by Crippen LogP contribution is -2.15. The van der Waals surface area contributed by atoms with E-state index in [1.54, 1.807) is 0 Å². The molecule has 1 saturated heterocycles. The summed E-state index contributed by atoms with van der Waals surface area (Å²) in [6.45, 7) is 13.3. The number of hydrogen-bond acceptors (Lipinski definition) is 1. The zero-order valence-corrected chi connectivity index (χ0v) is 9.72. The molecule has 0 spiro atoms. The number of rotatable bonds is 1. The Morgan fingerprint density at radius 1 is 1.00 bits per heavy atom. The fourth-order valence-electron chi connectivity index (χ4n) is 1.35. The first-order chi connectivity index (χ1) is 5.70. The van der Waals surface area contributed by atoms with Gasteiger partial charge in [-0.3, -0.25) is 0 Å². The van der Waals surface area contributed by atoms with Crippen molar-refractivity contribution in [2.24, 2.45) is 10.8 Å². The lowest BCUT2D eigenvalue weighted by Gasteiger charge is -2.14. The number of epoxide rings is 1. The monoisotopic (exact) mass is 182 g/mol. The summed E-state index contributed by atoms with van der Waals surface area (Å²) in [5, 5.41) is 0. The van der Waals surface area contributed by atoms with Gasteiger partial charge in [-0.1, -0.05) is 53.7 Å². The standard InChI is InChI=1S/C12H22O/c1-11(2,3)8-7-9-10(13-9)12(4,5)6/h7-10H,1-6H3/b8-7+/t9-,10-/m0/s1. The van der Waals surface area contributed by atoms with E-state index in [1.165, 1.54) is 0 Å². The topological polar surface area (TPSA) is 12.5 Å². The molecule has 1 rings (SSSR count). The van der Waals surface area contributed by atoms with Gasteiger partial charge in [0.1, 0.15) is 6.10 Å². The second kappa shape index (κ2) is 3.13. The highest BCUT2D eigenvalue weighted by Gasteiger charge is 2.45. The molecule has 1 heterocycles. The molecule has 0 aromatic heterocycles. The van der Waals surface area contributed by atoms with Crippen LogP contribution in [0.25, 0.3) is 0 Å². The predicted octanol–water partition coefficient (Wildman–Crippen LogP) is 3.40. The minimum atomic E-state index is 0.272. The maximum atomic E-state index is 5.59. The van der Waals surface area contributed by atoms with Crippen molar-refractivity contribution in [1.82, 2.24) is 0 Å². The van der Waals surface area contributed by atoms with Gasteiger partial charge in [-0.15, -0.1) is 0 Å². The second-order valence-corrected chi connectivity index (χ2v) is 6.11. The first kappa shape index (κ1) is 10.8. The molecule has 2 atom stereocenters. The van der Waals surface area contributed by atoms with Crippen molar-refractivity contribution in [3.8, 4) is 0 Å². The van der Waals surface area contributed by atoms with Crippen molar-refractivity contribution in [1.29, 1.82) is 0 Å². The molecular formula is C12H22O. The Morgan fingerprint density at radius 3 is 1.85 bits per heavy atom. The van der Waals surface area contributed by atoms with Crippen LogP contribution in [0.4, 0.5) is 0 Å². The Kier molecular flexibility index (Phi) is 2.59. The van der Waals surface area contributed by atoms with Gasteiger partial charge in [0.05, 0.1) is 6.10 Å². The van der Waals surface area contributed by atoms with Crippen LogP contribution in [-0.4, -0.2) is 12.2 Å². The normalized spacial score (nSPS) is 29.7.